The van der Waals surface area contributed by atoms with E-state index in [1.54, 1.807) is 12.1 Å². The highest BCUT2D eigenvalue weighted by Gasteiger charge is 2.23. The molecule has 2 rings (SSSR count). The molecule has 1 aliphatic heterocycles. The zero-order valence-electron chi connectivity index (χ0n) is 9.03. The van der Waals surface area contributed by atoms with Crippen LogP contribution < -0.4 is 10.1 Å². The third-order valence-electron chi connectivity index (χ3n) is 2.67. The molecule has 0 aromatic heterocycles. The predicted molar refractivity (Wildman–Crippen MR) is 61.6 cm³/mol. The summed E-state index contributed by atoms with van der Waals surface area (Å²) < 4.78 is 30.1. The van der Waals surface area contributed by atoms with Gasteiger partial charge < -0.3 is 10.1 Å². The molecule has 2 atom stereocenters. The third-order valence-corrected chi connectivity index (χ3v) is 4.35. The molecule has 1 heterocycles. The van der Waals surface area contributed by atoms with Crippen molar-refractivity contribution >= 4 is 10.8 Å². The van der Waals surface area contributed by atoms with Crippen molar-refractivity contribution in [2.45, 2.75) is 5.25 Å². The molecule has 1 aliphatic rings. The van der Waals surface area contributed by atoms with Crippen LogP contribution in [0.3, 0.4) is 0 Å². The normalized spacial score (nSPS) is 25.4. The molecule has 0 aliphatic carbocycles. The molecule has 0 bridgehead atoms. The van der Waals surface area contributed by atoms with Crippen LogP contribution >= 0.6 is 0 Å². The van der Waals surface area contributed by atoms with Gasteiger partial charge in [-0.1, -0.05) is 6.07 Å². The van der Waals surface area contributed by atoms with Crippen LogP contribution in [-0.2, 0) is 10.8 Å². The first-order valence-electron chi connectivity index (χ1n) is 5.13. The first-order valence-corrected chi connectivity index (χ1v) is 6.52. The first kappa shape index (κ1) is 11.5. The Morgan fingerprint density at radius 3 is 3.00 bits per heavy atom. The number of benzene rings is 1. The molecule has 16 heavy (non-hydrogen) atoms. The summed E-state index contributed by atoms with van der Waals surface area (Å²) in [7, 11) is 0.513. The zero-order valence-corrected chi connectivity index (χ0v) is 9.85. The van der Waals surface area contributed by atoms with E-state index in [0.717, 1.165) is 12.1 Å². The van der Waals surface area contributed by atoms with Gasteiger partial charge in [-0.2, -0.15) is 0 Å². The average molecular weight is 243 g/mol. The minimum absolute atomic E-state index is 0.117. The SMILES string of the molecule is COc1ccc(C2CNCCS2=O)cc1F. The van der Waals surface area contributed by atoms with Gasteiger partial charge >= 0.3 is 0 Å². The predicted octanol–water partition coefficient (Wildman–Crippen LogP) is 1.23. The van der Waals surface area contributed by atoms with E-state index in [0.29, 0.717) is 12.3 Å². The molecule has 1 fully saturated rings. The van der Waals surface area contributed by atoms with E-state index in [1.165, 1.54) is 13.2 Å². The van der Waals surface area contributed by atoms with E-state index in [-0.39, 0.29) is 11.0 Å². The van der Waals surface area contributed by atoms with Crippen LogP contribution in [-0.4, -0.2) is 30.2 Å². The van der Waals surface area contributed by atoms with Crippen LogP contribution in [0.4, 0.5) is 4.39 Å². The van der Waals surface area contributed by atoms with Crippen LogP contribution in [0.25, 0.3) is 0 Å². The van der Waals surface area contributed by atoms with Gasteiger partial charge in [0.15, 0.2) is 11.6 Å². The molecule has 3 nitrogen and oxygen atoms in total. The fraction of sp³-hybridized carbons (Fsp3) is 0.455. The fourth-order valence-electron chi connectivity index (χ4n) is 1.79. The molecule has 0 saturated carbocycles. The molecule has 0 spiro atoms. The van der Waals surface area contributed by atoms with Gasteiger partial charge in [-0.3, -0.25) is 4.21 Å². The second-order valence-corrected chi connectivity index (χ2v) is 5.41. The van der Waals surface area contributed by atoms with Gasteiger partial charge in [0.25, 0.3) is 0 Å². The molecule has 1 aromatic carbocycles. The van der Waals surface area contributed by atoms with Gasteiger partial charge in [0.05, 0.1) is 12.4 Å². The van der Waals surface area contributed by atoms with Crippen LogP contribution in [0.2, 0.25) is 0 Å². The van der Waals surface area contributed by atoms with Crippen molar-refractivity contribution in [3.63, 3.8) is 0 Å². The van der Waals surface area contributed by atoms with Crippen LogP contribution in [0.5, 0.6) is 5.75 Å². The Hall–Kier alpha value is -0.940. The summed E-state index contributed by atoms with van der Waals surface area (Å²) in [5.41, 5.74) is 0.767. The van der Waals surface area contributed by atoms with Crippen LogP contribution in [0.1, 0.15) is 10.8 Å². The maximum atomic E-state index is 13.5. The lowest BCUT2D eigenvalue weighted by Crippen LogP contribution is -2.35. The third kappa shape index (κ3) is 2.25. The van der Waals surface area contributed by atoms with Crippen LogP contribution in [0, 0.1) is 5.82 Å². The molecule has 0 amide bonds. The van der Waals surface area contributed by atoms with E-state index in [9.17, 15) is 8.60 Å². The van der Waals surface area contributed by atoms with Crippen molar-refractivity contribution in [2.75, 3.05) is 26.0 Å². The van der Waals surface area contributed by atoms with Crippen molar-refractivity contribution in [3.8, 4) is 5.75 Å². The molecule has 2 unspecified atom stereocenters. The number of hydrogen-bond donors (Lipinski definition) is 1. The maximum absolute atomic E-state index is 13.5. The second kappa shape index (κ2) is 4.93. The Kier molecular flexibility index (Phi) is 3.56. The summed E-state index contributed by atoms with van der Waals surface area (Å²) in [6.07, 6.45) is 0. The highest BCUT2D eigenvalue weighted by atomic mass is 32.2. The van der Waals surface area contributed by atoms with Crippen molar-refractivity contribution in [1.29, 1.82) is 0 Å². The van der Waals surface area contributed by atoms with Gasteiger partial charge in [-0.05, 0) is 17.7 Å². The van der Waals surface area contributed by atoms with E-state index >= 15 is 0 Å². The lowest BCUT2D eigenvalue weighted by molar-refractivity contribution is 0.386. The van der Waals surface area contributed by atoms with E-state index in [1.807, 2.05) is 0 Å². The minimum atomic E-state index is -0.916. The van der Waals surface area contributed by atoms with E-state index in [4.69, 9.17) is 4.74 Å². The fourth-order valence-corrected chi connectivity index (χ4v) is 3.18. The molecule has 0 radical (unpaired) electrons. The zero-order chi connectivity index (χ0) is 11.5. The standard InChI is InChI=1S/C11H14FNO2S/c1-15-10-3-2-8(6-9(10)12)11-7-13-4-5-16(11)14/h2-3,6,11,13H,4-5,7H2,1H3. The number of nitrogens with one attached hydrogen (secondary N) is 1. The smallest absolute Gasteiger partial charge is 0.165 e. The molecule has 1 saturated heterocycles. The summed E-state index contributed by atoms with van der Waals surface area (Å²) in [5.74, 6) is 0.444. The van der Waals surface area contributed by atoms with Crippen molar-refractivity contribution < 1.29 is 13.3 Å². The molecule has 5 heteroatoms. The van der Waals surface area contributed by atoms with Crippen molar-refractivity contribution in [2.24, 2.45) is 0 Å². The number of hydrogen-bond acceptors (Lipinski definition) is 3. The number of ether oxygens (including phenoxy) is 1. The Morgan fingerprint density at radius 2 is 2.38 bits per heavy atom. The van der Waals surface area contributed by atoms with Gasteiger partial charge in [0.1, 0.15) is 0 Å². The average Bonchev–Trinajstić information content (AvgIpc) is 2.29. The summed E-state index contributed by atoms with van der Waals surface area (Å²) in [5, 5.41) is 3.05. The van der Waals surface area contributed by atoms with Gasteiger partial charge in [0.2, 0.25) is 0 Å². The molecule has 1 N–H and O–H groups in total. The number of rotatable bonds is 2. The summed E-state index contributed by atoms with van der Waals surface area (Å²) in [6, 6.07) is 4.77. The topological polar surface area (TPSA) is 38.3 Å². The number of methoxy groups -OCH3 is 1. The first-order chi connectivity index (χ1) is 7.72. The van der Waals surface area contributed by atoms with E-state index in [2.05, 4.69) is 5.32 Å². The lowest BCUT2D eigenvalue weighted by atomic mass is 10.1. The summed E-state index contributed by atoms with van der Waals surface area (Å²) in [6.45, 7) is 1.40. The molecular weight excluding hydrogens is 229 g/mol. The van der Waals surface area contributed by atoms with Gasteiger partial charge in [-0.25, -0.2) is 4.39 Å². The van der Waals surface area contributed by atoms with Crippen molar-refractivity contribution in [3.05, 3.63) is 29.6 Å². The van der Waals surface area contributed by atoms with E-state index < -0.39 is 16.6 Å². The van der Waals surface area contributed by atoms with Gasteiger partial charge in [0, 0.05) is 29.6 Å². The Labute approximate surface area is 96.5 Å². The highest BCUT2D eigenvalue weighted by molar-refractivity contribution is 7.85. The van der Waals surface area contributed by atoms with Crippen molar-refractivity contribution in [1.82, 2.24) is 5.32 Å². The Bertz CT molecular complexity index is 411. The minimum Gasteiger partial charge on any atom is -0.494 e. The molecule has 88 valence electrons. The van der Waals surface area contributed by atoms with Gasteiger partial charge in [-0.15, -0.1) is 0 Å². The summed E-state index contributed by atoms with van der Waals surface area (Å²) >= 11 is 0. The summed E-state index contributed by atoms with van der Waals surface area (Å²) in [4.78, 5) is 0. The molecule has 1 aromatic rings. The Balaban J connectivity index is 2.26. The Morgan fingerprint density at radius 1 is 1.56 bits per heavy atom. The second-order valence-electron chi connectivity index (χ2n) is 3.67. The quantitative estimate of drug-likeness (QED) is 0.849. The van der Waals surface area contributed by atoms with Crippen LogP contribution in [0.15, 0.2) is 18.2 Å². The number of halogens is 1. The largest absolute Gasteiger partial charge is 0.494 e. The maximum Gasteiger partial charge on any atom is 0.165 e. The monoisotopic (exact) mass is 243 g/mol. The molecular formula is C11H14FNO2S. The highest BCUT2D eigenvalue weighted by Crippen LogP contribution is 2.26. The lowest BCUT2D eigenvalue weighted by Gasteiger charge is -2.22.